The van der Waals surface area contributed by atoms with Crippen molar-refractivity contribution >= 4 is 22.3 Å². The van der Waals surface area contributed by atoms with E-state index < -0.39 is 35.9 Å². The van der Waals surface area contributed by atoms with Crippen LogP contribution in [0.3, 0.4) is 0 Å². The van der Waals surface area contributed by atoms with E-state index in [1.165, 1.54) is 29.5 Å². The van der Waals surface area contributed by atoms with Gasteiger partial charge in [0.15, 0.2) is 23.6 Å². The minimum absolute atomic E-state index is 0.00915. The lowest BCUT2D eigenvalue weighted by atomic mass is 9.40. The molecule has 1 saturated heterocycles. The van der Waals surface area contributed by atoms with Gasteiger partial charge in [-0.1, -0.05) is 103 Å². The number of aliphatic hydroxyl groups excluding tert-OH is 4. The Kier molecular flexibility index (Phi) is 16.4. The number of hydrogen-bond acceptors (Lipinski definition) is 13. The molecule has 5 heterocycles. The molecular formula is C78H91N5O9. The maximum atomic E-state index is 15.5. The number of phenols is 1. The molecule has 92 heavy (non-hydrogen) atoms. The number of benzene rings is 4. The second kappa shape index (κ2) is 24.6. The molecule has 14 heteroatoms. The summed E-state index contributed by atoms with van der Waals surface area (Å²) in [6.45, 7) is 3.59. The molecule has 0 radical (unpaired) electrons. The van der Waals surface area contributed by atoms with Crippen LogP contribution in [0, 0.1) is 82.4 Å². The quantitative estimate of drug-likeness (QED) is 0.0368. The maximum Gasteiger partial charge on any atom is 0.160 e. The predicted molar refractivity (Wildman–Crippen MR) is 353 cm³/mol. The zero-order valence-electron chi connectivity index (χ0n) is 53.1. The lowest BCUT2D eigenvalue weighted by molar-refractivity contribution is -0.152. The van der Waals surface area contributed by atoms with E-state index in [0.29, 0.717) is 68.8 Å². The molecule has 1 aromatic heterocycles. The molecule has 12 N–H and O–H groups in total. The molecule has 5 fully saturated rings. The van der Waals surface area contributed by atoms with Crippen molar-refractivity contribution in [2.24, 2.45) is 64.4 Å². The van der Waals surface area contributed by atoms with Crippen molar-refractivity contribution in [2.75, 3.05) is 20.2 Å². The molecule has 5 aromatic rings. The van der Waals surface area contributed by atoms with Crippen LogP contribution >= 0.6 is 0 Å². The Morgan fingerprint density at radius 2 is 1.67 bits per heavy atom. The zero-order chi connectivity index (χ0) is 63.3. The summed E-state index contributed by atoms with van der Waals surface area (Å²) >= 11 is 0. The molecule has 7 aliphatic carbocycles. The Morgan fingerprint density at radius 3 is 2.48 bits per heavy atom. The Balaban J connectivity index is 0.797. The number of allylic oxidation sites excluding steroid dienone is 2. The second-order valence-electron chi connectivity index (χ2n) is 29.8. The highest BCUT2D eigenvalue weighted by Crippen LogP contribution is 2.70. The van der Waals surface area contributed by atoms with Gasteiger partial charge in [-0.15, -0.1) is 5.92 Å². The highest BCUT2D eigenvalue weighted by molar-refractivity contribution is 5.89. The number of piperidine rings is 1. The minimum Gasteiger partial charge on any atom is -0.504 e. The van der Waals surface area contributed by atoms with Gasteiger partial charge >= 0.3 is 0 Å². The van der Waals surface area contributed by atoms with Gasteiger partial charge in [-0.3, -0.25) is 9.59 Å². The fourth-order valence-electron chi connectivity index (χ4n) is 21.0. The molecule has 1 spiro atoms. The van der Waals surface area contributed by atoms with Gasteiger partial charge in [-0.2, -0.15) is 0 Å². The molecular weight excluding hydrogens is 1150 g/mol. The molecule has 11 aliphatic rings. The summed E-state index contributed by atoms with van der Waals surface area (Å²) < 4.78 is 5.65. The monoisotopic (exact) mass is 1240 g/mol. The van der Waals surface area contributed by atoms with E-state index >= 15 is 4.79 Å². The van der Waals surface area contributed by atoms with Crippen molar-refractivity contribution in [3.63, 3.8) is 0 Å². The molecule has 16 rings (SSSR count). The number of carbonyl (C=O) groups is 2. The van der Waals surface area contributed by atoms with Crippen molar-refractivity contribution in [3.05, 3.63) is 154 Å². The number of aromatic amines is 1. The molecule has 14 nitrogen and oxygen atoms in total. The first-order valence-electron chi connectivity index (χ1n) is 34.6. The number of fused-ring (bicyclic) bond motifs is 5. The van der Waals surface area contributed by atoms with E-state index in [1.54, 1.807) is 12.1 Å². The van der Waals surface area contributed by atoms with Gasteiger partial charge in [0.1, 0.15) is 11.2 Å². The summed E-state index contributed by atoms with van der Waals surface area (Å²) in [4.78, 5) is 34.4. The molecule has 4 aromatic carbocycles. The molecule has 4 aliphatic heterocycles. The zero-order valence-corrected chi connectivity index (χ0v) is 53.1. The fourth-order valence-corrected chi connectivity index (χ4v) is 21.0. The van der Waals surface area contributed by atoms with E-state index in [9.17, 15) is 35.4 Å². The van der Waals surface area contributed by atoms with Gasteiger partial charge in [0.05, 0.1) is 31.2 Å². The number of hydrogen-bond donors (Lipinski definition) is 11. The van der Waals surface area contributed by atoms with E-state index in [4.69, 9.17) is 10.5 Å². The smallest absolute Gasteiger partial charge is 0.160 e. The van der Waals surface area contributed by atoms with E-state index in [2.05, 4.69) is 124 Å². The molecule has 21 atom stereocenters. The number of nitrogens with two attached hydrogens (primary N) is 1. The van der Waals surface area contributed by atoms with Crippen LogP contribution in [0.2, 0.25) is 0 Å². The maximum absolute atomic E-state index is 15.5. The van der Waals surface area contributed by atoms with Crippen molar-refractivity contribution < 1.29 is 45.0 Å². The number of H-pyrrole nitrogens is 1. The predicted octanol–water partition coefficient (Wildman–Crippen LogP) is 9.14. The van der Waals surface area contributed by atoms with Gasteiger partial charge in [0.2, 0.25) is 0 Å². The first kappa shape index (κ1) is 61.5. The highest BCUT2D eigenvalue weighted by atomic mass is 16.5. The number of aromatic nitrogens is 1. The summed E-state index contributed by atoms with van der Waals surface area (Å²) in [5, 5.41) is 85.3. The van der Waals surface area contributed by atoms with Crippen LogP contribution in [-0.2, 0) is 22.4 Å². The second-order valence-corrected chi connectivity index (χ2v) is 29.8. The van der Waals surface area contributed by atoms with Crippen molar-refractivity contribution in [3.8, 4) is 35.2 Å². The molecule has 21 unspecified atom stereocenters. The number of methoxy groups -OCH3 is 1. The van der Waals surface area contributed by atoms with Crippen LogP contribution < -0.4 is 26.4 Å². The average Bonchev–Trinajstić information content (AvgIpc) is 1.17. The van der Waals surface area contributed by atoms with Crippen molar-refractivity contribution in [2.45, 2.75) is 181 Å². The van der Waals surface area contributed by atoms with Crippen LogP contribution in [0.1, 0.15) is 165 Å². The standard InChI is InChI=1S/C78H91N5O9/c1-77-26-9-15-51(77)14-8-16-58-70-52(20-22-68(90)91)69(57(41-82-77)73-75(70)74-59(83-58)39-60(84)55-32-50(30-42-10-4-3-5-11-42)56-40-81-76(73)72(56)71(55)74)49-24-28-78(66(89)35-49)27-23-47(54-38-63(87)64(92-2)34-46(54)19-21-65(78)88)33-61(85)62(86)37-53(48-25-29-80-67(79)36-48)45-18-17-43-12-6-7-13-44(43)31-45/h3-7,10-13,17-18,25,31,34,36,38,40,47,49-53,55,57-59,61-62,66,68-71,73-75,80-83,85-87,89-91H,9,15-16,19-22,24,26,28-30,32-33,35,37,39,41,79H2,1-2H3. The Morgan fingerprint density at radius 1 is 0.848 bits per heavy atom. The third-order valence-corrected chi connectivity index (χ3v) is 25.2. The number of aryl methyl sites for hydroxylation is 1. The number of aromatic hydroxyl groups is 1. The van der Waals surface area contributed by atoms with E-state index in [0.717, 1.165) is 59.6 Å². The lowest BCUT2D eigenvalue weighted by Crippen LogP contribution is -2.70. The number of Topliss-reactive ketones (excluding diaryl/α,β-unsaturated/α-hetero) is 2. The normalized spacial score (nSPS) is 36.0. The van der Waals surface area contributed by atoms with Gasteiger partial charge in [0, 0.05) is 90.8 Å². The third-order valence-electron chi connectivity index (χ3n) is 25.2. The van der Waals surface area contributed by atoms with E-state index in [-0.39, 0.29) is 144 Å². The number of carbonyl (C=O) groups excluding carboxylic acids is 2. The minimum atomic E-state index is -1.51. The van der Waals surface area contributed by atoms with Crippen LogP contribution in [0.4, 0.5) is 0 Å². The first-order chi connectivity index (χ1) is 44.6. The average molecular weight is 1240 g/mol. The van der Waals surface area contributed by atoms with Gasteiger partial charge in [-0.05, 0) is 206 Å². The topological polar surface area (TPSA) is 243 Å². The van der Waals surface area contributed by atoms with Crippen molar-refractivity contribution in [1.29, 1.82) is 0 Å². The Hall–Kier alpha value is -6.72. The van der Waals surface area contributed by atoms with Crippen LogP contribution in [-0.4, -0.2) is 110 Å². The molecule has 4 saturated carbocycles. The number of ether oxygens (including phenoxy) is 1. The van der Waals surface area contributed by atoms with E-state index in [1.807, 2.05) is 18.2 Å². The van der Waals surface area contributed by atoms with Crippen molar-refractivity contribution in [1.82, 2.24) is 20.9 Å². The van der Waals surface area contributed by atoms with Gasteiger partial charge in [0.25, 0.3) is 0 Å². The number of aliphatic hydroxyl groups is 5. The number of rotatable bonds is 14. The molecule has 482 valence electrons. The summed E-state index contributed by atoms with van der Waals surface area (Å²) in [6.07, 6.45) is 9.43. The van der Waals surface area contributed by atoms with Crippen LogP contribution in [0.25, 0.3) is 10.8 Å². The highest BCUT2D eigenvalue weighted by Gasteiger charge is 2.68. The molecule has 4 bridgehead atoms. The van der Waals surface area contributed by atoms with Gasteiger partial charge < -0.3 is 62.0 Å². The summed E-state index contributed by atoms with van der Waals surface area (Å²) in [7, 11) is 1.49. The first-order valence-corrected chi connectivity index (χ1v) is 34.6. The number of ketones is 2. The number of nitrogens with one attached hydrogen (secondary N) is 4. The summed E-state index contributed by atoms with van der Waals surface area (Å²) in [5.74, 6) is 15.2. The fraction of sp³-hybridized carbons (Fsp3) is 0.538. The molecule has 0 amide bonds. The largest absolute Gasteiger partial charge is 0.504 e. The third kappa shape index (κ3) is 10.7. The summed E-state index contributed by atoms with van der Waals surface area (Å²) in [5.41, 5.74) is 13.2. The Bertz CT molecular complexity index is 3850. The summed E-state index contributed by atoms with van der Waals surface area (Å²) in [6, 6.07) is 28.4. The Labute approximate surface area is 540 Å². The lowest BCUT2D eigenvalue weighted by Gasteiger charge is -2.67. The van der Waals surface area contributed by atoms with Crippen LogP contribution in [0.15, 0.2) is 115 Å². The number of phenolic OH excluding ortho intramolecular Hbond substituents is 1. The number of dihydropyridines is 1. The SMILES string of the molecule is COc1cc2c(cc1O)C(CC(O)C(O)CC(C1=CCNC(N)=C1)c1ccc3ccccc3c1)C#CC1(CCC(C3C4CNC5(C)CCCC5C#CCC5NC6CC(=O)C7CC(Cc8ccccc8)c8c[nH]c9c8C7C6C(C94)C5C3CCC(O)O)CC1O)C(=O)CC2. The van der Waals surface area contributed by atoms with Gasteiger partial charge in [-0.25, -0.2) is 0 Å². The van der Waals surface area contributed by atoms with Crippen LogP contribution in [0.5, 0.6) is 11.5 Å².